The molecule has 1 aromatic carbocycles. The molecule has 0 aliphatic heterocycles. The number of methoxy groups -OCH3 is 1. The van der Waals surface area contributed by atoms with Crippen LogP contribution in [0.15, 0.2) is 29.2 Å². The van der Waals surface area contributed by atoms with E-state index in [1.165, 1.54) is 13.4 Å². The number of hydrogen-bond acceptors (Lipinski definition) is 5. The zero-order valence-electron chi connectivity index (χ0n) is 10.7. The molecule has 0 bridgehead atoms. The Bertz CT molecular complexity index is 507. The molecule has 6 heteroatoms. The molecule has 0 aliphatic rings. The third-order valence-electron chi connectivity index (χ3n) is 2.58. The second kappa shape index (κ2) is 5.86. The summed E-state index contributed by atoms with van der Waals surface area (Å²) in [4.78, 5) is 13.2. The van der Waals surface area contributed by atoms with Gasteiger partial charge in [-0.3, -0.25) is 4.79 Å². The SMILES string of the molecule is COC(=O)CCN(C)c1ccc(S(C)(=O)=O)cc1. The van der Waals surface area contributed by atoms with Crippen molar-refractivity contribution in [3.8, 4) is 0 Å². The van der Waals surface area contributed by atoms with Crippen molar-refractivity contribution in [3.05, 3.63) is 24.3 Å². The summed E-state index contributed by atoms with van der Waals surface area (Å²) >= 11 is 0. The molecule has 18 heavy (non-hydrogen) atoms. The van der Waals surface area contributed by atoms with E-state index in [-0.39, 0.29) is 10.9 Å². The number of sulfone groups is 1. The molecule has 5 nitrogen and oxygen atoms in total. The number of hydrogen-bond donors (Lipinski definition) is 0. The van der Waals surface area contributed by atoms with Crippen LogP contribution in [-0.2, 0) is 19.4 Å². The van der Waals surface area contributed by atoms with E-state index in [0.29, 0.717) is 13.0 Å². The van der Waals surface area contributed by atoms with Gasteiger partial charge < -0.3 is 9.64 Å². The first-order valence-electron chi connectivity index (χ1n) is 5.42. The molecule has 0 saturated heterocycles. The molecule has 0 N–H and O–H groups in total. The summed E-state index contributed by atoms with van der Waals surface area (Å²) in [5, 5.41) is 0. The Balaban J connectivity index is 2.70. The second-order valence-corrected chi connectivity index (χ2v) is 6.03. The normalized spacial score (nSPS) is 11.1. The fourth-order valence-electron chi connectivity index (χ4n) is 1.44. The number of carbonyl (C=O) groups excluding carboxylic acids is 1. The second-order valence-electron chi connectivity index (χ2n) is 4.01. The van der Waals surface area contributed by atoms with Gasteiger partial charge in [-0.1, -0.05) is 0 Å². The molecule has 0 unspecified atom stereocenters. The third-order valence-corrected chi connectivity index (χ3v) is 3.71. The standard InChI is InChI=1S/C12H17NO4S/c1-13(9-8-12(14)17-2)10-4-6-11(7-5-10)18(3,15)16/h4-7H,8-9H2,1-3H3. The van der Waals surface area contributed by atoms with E-state index in [1.807, 2.05) is 11.9 Å². The molecule has 0 saturated carbocycles. The molecule has 1 rings (SSSR count). The van der Waals surface area contributed by atoms with Crippen molar-refractivity contribution in [3.63, 3.8) is 0 Å². The number of esters is 1. The van der Waals surface area contributed by atoms with Crippen LogP contribution in [-0.4, -0.2) is 41.3 Å². The quantitative estimate of drug-likeness (QED) is 0.750. The van der Waals surface area contributed by atoms with Crippen molar-refractivity contribution in [1.82, 2.24) is 0 Å². The third kappa shape index (κ3) is 4.03. The largest absolute Gasteiger partial charge is 0.469 e. The van der Waals surface area contributed by atoms with Crippen LogP contribution in [0.4, 0.5) is 5.69 Å². The Kier molecular flexibility index (Phi) is 4.72. The molecule has 0 fully saturated rings. The monoisotopic (exact) mass is 271 g/mol. The lowest BCUT2D eigenvalue weighted by Gasteiger charge is -2.18. The first kappa shape index (κ1) is 14.5. The molecule has 0 aromatic heterocycles. The van der Waals surface area contributed by atoms with E-state index < -0.39 is 9.84 Å². The Morgan fingerprint density at radius 2 is 1.83 bits per heavy atom. The van der Waals surface area contributed by atoms with Crippen molar-refractivity contribution < 1.29 is 17.9 Å². The van der Waals surface area contributed by atoms with Gasteiger partial charge in [-0.05, 0) is 24.3 Å². The highest BCUT2D eigenvalue weighted by Gasteiger charge is 2.08. The first-order valence-corrected chi connectivity index (χ1v) is 7.32. The van der Waals surface area contributed by atoms with Gasteiger partial charge in [0.05, 0.1) is 18.4 Å². The number of ether oxygens (including phenoxy) is 1. The number of rotatable bonds is 5. The van der Waals surface area contributed by atoms with Crippen LogP contribution >= 0.6 is 0 Å². The minimum Gasteiger partial charge on any atom is -0.469 e. The highest BCUT2D eigenvalue weighted by atomic mass is 32.2. The van der Waals surface area contributed by atoms with Gasteiger partial charge in [0.25, 0.3) is 0 Å². The Labute approximate surface area is 107 Å². The summed E-state index contributed by atoms with van der Waals surface area (Å²) in [6.07, 6.45) is 1.46. The van der Waals surface area contributed by atoms with Gasteiger partial charge in [0.2, 0.25) is 0 Å². The van der Waals surface area contributed by atoms with E-state index in [1.54, 1.807) is 24.3 Å². The van der Waals surface area contributed by atoms with Crippen LogP contribution in [0.2, 0.25) is 0 Å². The molecule has 0 heterocycles. The molecule has 100 valence electrons. The van der Waals surface area contributed by atoms with E-state index in [4.69, 9.17) is 0 Å². The Hall–Kier alpha value is -1.56. The van der Waals surface area contributed by atoms with E-state index in [9.17, 15) is 13.2 Å². The first-order chi connectivity index (χ1) is 8.34. The maximum atomic E-state index is 11.3. The van der Waals surface area contributed by atoms with Crippen molar-refractivity contribution in [2.24, 2.45) is 0 Å². The number of benzene rings is 1. The van der Waals surface area contributed by atoms with Gasteiger partial charge in [-0.2, -0.15) is 0 Å². The summed E-state index contributed by atoms with van der Waals surface area (Å²) in [5.74, 6) is -0.269. The minimum atomic E-state index is -3.17. The zero-order valence-corrected chi connectivity index (χ0v) is 11.5. The average molecular weight is 271 g/mol. The molecular formula is C12H17NO4S. The number of nitrogens with zero attached hydrogens (tertiary/aromatic N) is 1. The highest BCUT2D eigenvalue weighted by Crippen LogP contribution is 2.17. The summed E-state index contributed by atoms with van der Waals surface area (Å²) in [6.45, 7) is 0.519. The van der Waals surface area contributed by atoms with Crippen LogP contribution in [0.25, 0.3) is 0 Å². The Morgan fingerprint density at radius 3 is 2.28 bits per heavy atom. The predicted octanol–water partition coefficient (Wildman–Crippen LogP) is 1.09. The van der Waals surface area contributed by atoms with Crippen LogP contribution in [0.3, 0.4) is 0 Å². The van der Waals surface area contributed by atoms with Crippen molar-refractivity contribution >= 4 is 21.5 Å². The van der Waals surface area contributed by atoms with E-state index >= 15 is 0 Å². The lowest BCUT2D eigenvalue weighted by atomic mass is 10.3. The van der Waals surface area contributed by atoms with E-state index in [2.05, 4.69) is 4.74 Å². The Morgan fingerprint density at radius 1 is 1.28 bits per heavy atom. The highest BCUT2D eigenvalue weighted by molar-refractivity contribution is 7.90. The molecule has 0 spiro atoms. The number of anilines is 1. The fraction of sp³-hybridized carbons (Fsp3) is 0.417. The van der Waals surface area contributed by atoms with Gasteiger partial charge in [0.15, 0.2) is 9.84 Å². The predicted molar refractivity (Wildman–Crippen MR) is 69.5 cm³/mol. The van der Waals surface area contributed by atoms with Gasteiger partial charge >= 0.3 is 5.97 Å². The molecule has 0 aliphatic carbocycles. The van der Waals surface area contributed by atoms with Gasteiger partial charge in [0.1, 0.15) is 0 Å². The van der Waals surface area contributed by atoms with Crippen LogP contribution in [0, 0.1) is 0 Å². The molecule has 0 atom stereocenters. The molecule has 0 radical (unpaired) electrons. The number of carbonyl (C=O) groups is 1. The summed E-state index contributed by atoms with van der Waals surface area (Å²) in [7, 11) is 0.0146. The van der Waals surface area contributed by atoms with Crippen LogP contribution < -0.4 is 4.90 Å². The van der Waals surface area contributed by atoms with Gasteiger partial charge in [-0.15, -0.1) is 0 Å². The van der Waals surface area contributed by atoms with E-state index in [0.717, 1.165) is 5.69 Å². The van der Waals surface area contributed by atoms with Gasteiger partial charge in [0, 0.05) is 25.5 Å². The van der Waals surface area contributed by atoms with Crippen LogP contribution in [0.5, 0.6) is 0 Å². The van der Waals surface area contributed by atoms with Crippen molar-refractivity contribution in [1.29, 1.82) is 0 Å². The fourth-order valence-corrected chi connectivity index (χ4v) is 2.07. The maximum absolute atomic E-state index is 11.3. The zero-order chi connectivity index (χ0) is 13.8. The lowest BCUT2D eigenvalue weighted by molar-refractivity contribution is -0.140. The summed E-state index contributed by atoms with van der Waals surface area (Å²) in [6, 6.07) is 6.54. The van der Waals surface area contributed by atoms with Crippen molar-refractivity contribution in [2.75, 3.05) is 31.9 Å². The minimum absolute atomic E-state index is 0.269. The maximum Gasteiger partial charge on any atom is 0.307 e. The van der Waals surface area contributed by atoms with Crippen molar-refractivity contribution in [2.45, 2.75) is 11.3 Å². The lowest BCUT2D eigenvalue weighted by Crippen LogP contribution is -2.21. The summed E-state index contributed by atoms with van der Waals surface area (Å²) < 4.78 is 27.1. The molecule has 0 amide bonds. The van der Waals surface area contributed by atoms with Gasteiger partial charge in [-0.25, -0.2) is 8.42 Å². The topological polar surface area (TPSA) is 63.7 Å². The summed E-state index contributed by atoms with van der Waals surface area (Å²) in [5.41, 5.74) is 0.853. The smallest absolute Gasteiger partial charge is 0.307 e. The van der Waals surface area contributed by atoms with Crippen LogP contribution in [0.1, 0.15) is 6.42 Å². The average Bonchev–Trinajstić information content (AvgIpc) is 2.34. The molecule has 1 aromatic rings. The molecular weight excluding hydrogens is 254 g/mol.